The minimum atomic E-state index is -3.73. The molecule has 0 unspecified atom stereocenters. The molecule has 32 heavy (non-hydrogen) atoms. The number of carbonyl (C=O) groups is 1. The van der Waals surface area contributed by atoms with E-state index in [9.17, 15) is 18.0 Å². The molecule has 0 radical (unpaired) electrons. The number of amides is 1. The number of hydrogen-bond acceptors (Lipinski definition) is 6. The minimum Gasteiger partial charge on any atom is -0.379 e. The van der Waals surface area contributed by atoms with Gasteiger partial charge in [-0.25, -0.2) is 8.42 Å². The highest BCUT2D eigenvalue weighted by molar-refractivity contribution is 7.89. The van der Waals surface area contributed by atoms with Crippen molar-refractivity contribution in [3.8, 4) is 0 Å². The van der Waals surface area contributed by atoms with Crippen molar-refractivity contribution in [2.75, 3.05) is 32.8 Å². The summed E-state index contributed by atoms with van der Waals surface area (Å²) in [5.74, 6) is -0.252. The third-order valence-electron chi connectivity index (χ3n) is 6.04. The van der Waals surface area contributed by atoms with Gasteiger partial charge in [0, 0.05) is 41.5 Å². The number of sulfonamides is 1. The maximum absolute atomic E-state index is 13.6. The third-order valence-corrected chi connectivity index (χ3v) is 8.91. The number of likely N-dealkylation sites (tertiary alicyclic amines) is 1. The third kappa shape index (κ3) is 3.77. The van der Waals surface area contributed by atoms with Crippen LogP contribution in [0.2, 0.25) is 0 Å². The average molecular weight is 474 g/mol. The molecule has 1 N–H and O–H groups in total. The molecule has 0 spiro atoms. The van der Waals surface area contributed by atoms with Crippen molar-refractivity contribution in [1.29, 1.82) is 0 Å². The Kier molecular flexibility index (Phi) is 5.62. The fraction of sp³-hybridized carbons (Fsp3) is 0.364. The van der Waals surface area contributed by atoms with E-state index in [1.54, 1.807) is 22.3 Å². The van der Waals surface area contributed by atoms with E-state index in [1.165, 1.54) is 22.5 Å². The molecular formula is C22H23N3O5S2. The van der Waals surface area contributed by atoms with Crippen molar-refractivity contribution >= 4 is 38.2 Å². The fourth-order valence-electron chi connectivity index (χ4n) is 4.45. The predicted molar refractivity (Wildman–Crippen MR) is 121 cm³/mol. The molecule has 0 aliphatic carbocycles. The minimum absolute atomic E-state index is 0.0305. The Balaban J connectivity index is 1.57. The molecule has 168 valence electrons. The summed E-state index contributed by atoms with van der Waals surface area (Å²) in [6, 6.07) is 9.76. The Bertz CT molecular complexity index is 1310. The number of hydrogen-bond donors (Lipinski definition) is 1. The van der Waals surface area contributed by atoms with Crippen molar-refractivity contribution in [3.05, 3.63) is 62.6 Å². The molecule has 5 rings (SSSR count). The largest absolute Gasteiger partial charge is 0.379 e. The maximum Gasteiger partial charge on any atom is 0.255 e. The lowest BCUT2D eigenvalue weighted by molar-refractivity contribution is 0.0730. The summed E-state index contributed by atoms with van der Waals surface area (Å²) in [4.78, 5) is 31.6. The summed E-state index contributed by atoms with van der Waals surface area (Å²) in [7, 11) is -3.73. The predicted octanol–water partition coefficient (Wildman–Crippen LogP) is 2.59. The van der Waals surface area contributed by atoms with Gasteiger partial charge in [0.05, 0.1) is 29.7 Å². The van der Waals surface area contributed by atoms with Gasteiger partial charge in [0.15, 0.2) is 0 Å². The molecule has 2 fully saturated rings. The number of rotatable bonds is 4. The summed E-state index contributed by atoms with van der Waals surface area (Å²) < 4.78 is 32.9. The SMILES string of the molecule is O=C(c1cc(=O)[nH]c2ccc(S(=O)(=O)N3CCOCC3)cc12)N1CCC[C@H]1c1cccs1. The molecule has 1 aromatic carbocycles. The Morgan fingerprint density at radius 3 is 2.69 bits per heavy atom. The molecule has 2 aliphatic heterocycles. The zero-order chi connectivity index (χ0) is 22.3. The van der Waals surface area contributed by atoms with Gasteiger partial charge in [-0.1, -0.05) is 6.07 Å². The molecule has 3 aromatic rings. The van der Waals surface area contributed by atoms with Crippen molar-refractivity contribution in [2.24, 2.45) is 0 Å². The Morgan fingerprint density at radius 2 is 1.94 bits per heavy atom. The maximum atomic E-state index is 13.6. The lowest BCUT2D eigenvalue weighted by atomic mass is 10.1. The molecule has 2 aliphatic rings. The van der Waals surface area contributed by atoms with Crippen molar-refractivity contribution < 1.29 is 17.9 Å². The number of aromatic nitrogens is 1. The quantitative estimate of drug-likeness (QED) is 0.628. The van der Waals surface area contributed by atoms with Crippen LogP contribution in [-0.4, -0.2) is 61.4 Å². The number of nitrogens with zero attached hydrogens (tertiary/aromatic N) is 2. The second kappa shape index (κ2) is 8.43. The van der Waals surface area contributed by atoms with Gasteiger partial charge in [-0.3, -0.25) is 9.59 Å². The number of thiophene rings is 1. The van der Waals surface area contributed by atoms with Gasteiger partial charge in [-0.2, -0.15) is 4.31 Å². The van der Waals surface area contributed by atoms with Gasteiger partial charge in [0.25, 0.3) is 5.91 Å². The lowest BCUT2D eigenvalue weighted by Crippen LogP contribution is -2.40. The van der Waals surface area contributed by atoms with Crippen LogP contribution >= 0.6 is 11.3 Å². The van der Waals surface area contributed by atoms with E-state index in [0.717, 1.165) is 17.7 Å². The zero-order valence-corrected chi connectivity index (χ0v) is 19.0. The van der Waals surface area contributed by atoms with E-state index in [-0.39, 0.29) is 35.5 Å². The molecule has 0 saturated carbocycles. The van der Waals surface area contributed by atoms with Gasteiger partial charge < -0.3 is 14.6 Å². The molecule has 2 aromatic heterocycles. The van der Waals surface area contributed by atoms with Crippen LogP contribution in [0.4, 0.5) is 0 Å². The highest BCUT2D eigenvalue weighted by atomic mass is 32.2. The van der Waals surface area contributed by atoms with E-state index < -0.39 is 15.6 Å². The highest BCUT2D eigenvalue weighted by Crippen LogP contribution is 2.36. The van der Waals surface area contributed by atoms with E-state index in [0.29, 0.717) is 30.7 Å². The molecule has 1 atom stereocenters. The van der Waals surface area contributed by atoms with Crippen LogP contribution in [0, 0.1) is 0 Å². The van der Waals surface area contributed by atoms with Crippen LogP contribution in [0.1, 0.15) is 34.1 Å². The van der Waals surface area contributed by atoms with Crippen molar-refractivity contribution in [3.63, 3.8) is 0 Å². The zero-order valence-electron chi connectivity index (χ0n) is 17.3. The number of morpholine rings is 1. The van der Waals surface area contributed by atoms with Crippen LogP contribution < -0.4 is 5.56 Å². The fourth-order valence-corrected chi connectivity index (χ4v) is 6.76. The summed E-state index contributed by atoms with van der Waals surface area (Å²) in [6.45, 7) is 1.87. The van der Waals surface area contributed by atoms with E-state index in [2.05, 4.69) is 4.98 Å². The molecule has 1 amide bonds. The lowest BCUT2D eigenvalue weighted by Gasteiger charge is -2.26. The Hall–Kier alpha value is -2.53. The van der Waals surface area contributed by atoms with Crippen LogP contribution in [0.3, 0.4) is 0 Å². The first-order chi connectivity index (χ1) is 15.4. The number of fused-ring (bicyclic) bond motifs is 1. The molecule has 8 nitrogen and oxygen atoms in total. The normalized spacial score (nSPS) is 20.1. The standard InChI is InChI=1S/C22H23N3O5S2/c26-21-14-17(22(27)25-7-1-3-19(25)20-4-2-12-31-20)16-13-15(5-6-18(16)23-21)32(28,29)24-8-10-30-11-9-24/h2,4-6,12-14,19H,1,3,7-11H2,(H,23,26)/t19-/m0/s1. The summed E-state index contributed by atoms with van der Waals surface area (Å²) in [5.41, 5.74) is 0.274. The van der Waals surface area contributed by atoms with E-state index in [4.69, 9.17) is 4.74 Å². The average Bonchev–Trinajstić information content (AvgIpc) is 3.50. The number of pyridine rings is 1. The second-order valence-electron chi connectivity index (χ2n) is 7.94. The first-order valence-corrected chi connectivity index (χ1v) is 12.9. The highest BCUT2D eigenvalue weighted by Gasteiger charge is 2.33. The van der Waals surface area contributed by atoms with Crippen molar-refractivity contribution in [2.45, 2.75) is 23.8 Å². The summed E-state index contributed by atoms with van der Waals surface area (Å²) >= 11 is 1.61. The van der Waals surface area contributed by atoms with Crippen LogP contribution in [0.5, 0.6) is 0 Å². The Morgan fingerprint density at radius 1 is 1.12 bits per heavy atom. The van der Waals surface area contributed by atoms with Gasteiger partial charge in [0.1, 0.15) is 0 Å². The first kappa shape index (κ1) is 21.3. The summed E-state index contributed by atoms with van der Waals surface area (Å²) in [6.07, 6.45) is 1.75. The van der Waals surface area contributed by atoms with Gasteiger partial charge >= 0.3 is 0 Å². The topological polar surface area (TPSA) is 99.8 Å². The molecule has 0 bridgehead atoms. The van der Waals surface area contributed by atoms with E-state index in [1.807, 2.05) is 17.5 Å². The number of carbonyl (C=O) groups excluding carboxylic acids is 1. The number of benzene rings is 1. The van der Waals surface area contributed by atoms with Crippen molar-refractivity contribution in [1.82, 2.24) is 14.2 Å². The van der Waals surface area contributed by atoms with Crippen LogP contribution in [0.15, 0.2) is 51.5 Å². The summed E-state index contributed by atoms with van der Waals surface area (Å²) in [5, 5.41) is 2.42. The van der Waals surface area contributed by atoms with E-state index >= 15 is 0 Å². The monoisotopic (exact) mass is 473 g/mol. The number of aromatic amines is 1. The Labute approximate surface area is 189 Å². The van der Waals surface area contributed by atoms with Crippen LogP contribution in [-0.2, 0) is 14.8 Å². The second-order valence-corrected chi connectivity index (χ2v) is 10.9. The smallest absolute Gasteiger partial charge is 0.255 e. The van der Waals surface area contributed by atoms with Gasteiger partial charge in [-0.05, 0) is 42.5 Å². The number of H-pyrrole nitrogens is 1. The molecular weight excluding hydrogens is 450 g/mol. The number of ether oxygens (including phenoxy) is 1. The van der Waals surface area contributed by atoms with Gasteiger partial charge in [0.2, 0.25) is 15.6 Å². The molecule has 2 saturated heterocycles. The van der Waals surface area contributed by atoms with Gasteiger partial charge in [-0.15, -0.1) is 11.3 Å². The molecule has 4 heterocycles. The first-order valence-electron chi connectivity index (χ1n) is 10.5. The van der Waals surface area contributed by atoms with Crippen LogP contribution in [0.25, 0.3) is 10.9 Å². The number of nitrogens with one attached hydrogen (secondary N) is 1. The molecule has 10 heteroatoms.